The summed E-state index contributed by atoms with van der Waals surface area (Å²) in [5.41, 5.74) is 0.157. The van der Waals surface area contributed by atoms with E-state index in [4.69, 9.17) is 66.3 Å². The maximum Gasteiger partial charge on any atom is 0.187 e. The summed E-state index contributed by atoms with van der Waals surface area (Å²) in [5.74, 6) is 2.61. The average Bonchev–Trinajstić information content (AvgIpc) is 1.51. The van der Waals surface area contributed by atoms with E-state index in [0.717, 1.165) is 58.0 Å². The van der Waals surface area contributed by atoms with E-state index in [1.165, 1.54) is 0 Å². The smallest absolute Gasteiger partial charge is 0.187 e. The molecule has 42 atom stereocenters. The molecular weight excluding hydrogens is 1280 g/mol. The minimum atomic E-state index is -2.23. The Morgan fingerprint density at radius 3 is 1.34 bits per heavy atom. The molecule has 19 N–H and O–H groups in total. The van der Waals surface area contributed by atoms with Crippen LogP contribution in [0.1, 0.15) is 91.9 Å². The van der Waals surface area contributed by atoms with Gasteiger partial charge in [0.15, 0.2) is 43.5 Å². The van der Waals surface area contributed by atoms with Crippen LogP contribution in [0.25, 0.3) is 0 Å². The number of aliphatic hydroxyl groups is 19. The maximum atomic E-state index is 12.1. The molecule has 33 heteroatoms. The molecule has 4 aliphatic carbocycles. The second-order valence-electron chi connectivity index (χ2n) is 30.0. The molecule has 8 heterocycles. The van der Waals surface area contributed by atoms with Crippen molar-refractivity contribution in [2.24, 2.45) is 52.3 Å². The molecule has 0 amide bonds. The van der Waals surface area contributed by atoms with Crippen LogP contribution in [-0.4, -0.2) is 346 Å². The molecule has 554 valence electrons. The van der Waals surface area contributed by atoms with Crippen molar-refractivity contribution in [2.45, 2.75) is 294 Å². The minimum absolute atomic E-state index is 0.0136. The first-order valence-corrected chi connectivity index (χ1v) is 34.4. The Kier molecular flexibility index (Phi) is 23.0. The SMILES string of the molecule is CC1C2C(CC3C4CC[C@@H]5CC(O[C@@H]6O[C@H](CO)[C@@H](O[C@@H]7O[C@H](CO[C@@H]8O[C@H](CO)[C@H](O[C@@H]9O[C@H](CO)[C@@H](O)[C@H](O)[C@H]9O)[C@H](O)[C@H]8O)[C@@H](O)[C@H](O)[C@H]7O[C@@H]7O[C@H](CO)[C@H](O[C@@H]8OC(CO)[C@@H](O)[C@H](O)[C@H]8O)[C@H](O)[C@H]7O)[C@H](O)[C@H]6O)CC[C@]5(C)C4CC[C@@]32C)O[C@]12CC[C@H](C)CO2. The van der Waals surface area contributed by atoms with Gasteiger partial charge >= 0.3 is 0 Å². The number of aliphatic hydroxyl groups excluding tert-OH is 19. The van der Waals surface area contributed by atoms with Crippen molar-refractivity contribution in [2.75, 3.05) is 46.2 Å². The van der Waals surface area contributed by atoms with E-state index in [1.807, 2.05) is 0 Å². The fourth-order valence-electron chi connectivity index (χ4n) is 19.0. The van der Waals surface area contributed by atoms with E-state index in [2.05, 4.69) is 27.7 Å². The first-order valence-electron chi connectivity index (χ1n) is 34.4. The molecule has 4 saturated carbocycles. The Hall–Kier alpha value is -1.32. The topological polar surface area (TPSA) is 514 Å². The highest BCUT2D eigenvalue weighted by Gasteiger charge is 2.70. The van der Waals surface area contributed by atoms with E-state index in [9.17, 15) is 97.0 Å². The molecule has 0 bridgehead atoms. The fourth-order valence-corrected chi connectivity index (χ4v) is 19.0. The van der Waals surface area contributed by atoms with Crippen LogP contribution in [-0.2, 0) is 66.3 Å². The molecule has 1 spiro atoms. The van der Waals surface area contributed by atoms with Gasteiger partial charge in [-0.3, -0.25) is 0 Å². The summed E-state index contributed by atoms with van der Waals surface area (Å²) >= 11 is 0. The monoisotopic (exact) mass is 1390 g/mol. The van der Waals surface area contributed by atoms with Gasteiger partial charge in [-0.05, 0) is 104 Å². The van der Waals surface area contributed by atoms with Gasteiger partial charge in [0.25, 0.3) is 0 Å². The highest BCUT2D eigenvalue weighted by molar-refractivity contribution is 5.16. The molecule has 0 aromatic heterocycles. The van der Waals surface area contributed by atoms with Crippen molar-refractivity contribution in [1.82, 2.24) is 0 Å². The van der Waals surface area contributed by atoms with Crippen LogP contribution >= 0.6 is 0 Å². The molecule has 0 aromatic rings. The van der Waals surface area contributed by atoms with E-state index in [-0.39, 0.29) is 22.9 Å². The molecule has 0 aromatic carbocycles. The molecule has 12 fully saturated rings. The molecule has 8 unspecified atom stereocenters. The van der Waals surface area contributed by atoms with Crippen LogP contribution in [0.15, 0.2) is 0 Å². The number of hydrogen-bond acceptors (Lipinski definition) is 33. The average molecular weight is 1390 g/mol. The molecular formula is C63H104O33. The quantitative estimate of drug-likeness (QED) is 0.0567. The summed E-state index contributed by atoms with van der Waals surface area (Å²) in [6, 6.07) is 0. The summed E-state index contributed by atoms with van der Waals surface area (Å²) < 4.78 is 84.4. The molecule has 8 saturated heterocycles. The van der Waals surface area contributed by atoms with Crippen LogP contribution in [0, 0.1) is 52.3 Å². The maximum absolute atomic E-state index is 12.1. The summed E-state index contributed by atoms with van der Waals surface area (Å²) in [6.45, 7) is 4.82. The van der Waals surface area contributed by atoms with Crippen LogP contribution in [0.2, 0.25) is 0 Å². The van der Waals surface area contributed by atoms with Crippen molar-refractivity contribution in [3.05, 3.63) is 0 Å². The number of hydrogen-bond donors (Lipinski definition) is 19. The Labute approximate surface area is 554 Å². The lowest BCUT2D eigenvalue weighted by Gasteiger charge is -2.61. The third-order valence-electron chi connectivity index (χ3n) is 24.6. The molecule has 33 nitrogen and oxygen atoms in total. The highest BCUT2D eigenvalue weighted by atomic mass is 16.8. The van der Waals surface area contributed by atoms with E-state index < -0.39 is 236 Å². The standard InChI is InChI=1S/C63H104O33/c1-22-7-12-63(84-20-22)23(2)36-29(96-63)14-28-26-6-5-24-13-25(8-10-61(24,3)27(26)9-11-62(28,36)4)85-56-49(81)44(76)53(34(19-68)89-56)94-60-54(95-59-50(82)45(77)52(33(18-67)90-59)93-58-47(79)41(73)38(70)31(16-65)87-58)42(74)39(71)35(91-60)21-83-55-48(80)43(75)51(32(17-66)88-55)92-57-46(78)40(72)37(69)30(15-64)86-57/h22-60,64-82H,5-21H2,1-4H3/t22-,23?,24+,25?,26?,27?,28?,29?,30+,31?,32+,33+,34+,35+,36?,37+,38+,39+,40-,41-,42-,43+,44+,45+,46+,47+,48+,49+,50+,51-,52-,53+,54+,55+,56+,57-,58-,59-,60-,61-,62-,63+/m0/s1. The van der Waals surface area contributed by atoms with Crippen LogP contribution in [0.3, 0.4) is 0 Å². The van der Waals surface area contributed by atoms with Gasteiger partial charge in [-0.25, -0.2) is 0 Å². The highest BCUT2D eigenvalue weighted by Crippen LogP contribution is 2.71. The van der Waals surface area contributed by atoms with Crippen LogP contribution in [0.5, 0.6) is 0 Å². The first kappa shape index (κ1) is 74.4. The fraction of sp³-hybridized carbons (Fsp3) is 1.00. The Balaban J connectivity index is 0.723. The van der Waals surface area contributed by atoms with Gasteiger partial charge in [0.1, 0.15) is 146 Å². The Morgan fingerprint density at radius 2 is 0.823 bits per heavy atom. The molecule has 12 rings (SSSR count). The molecule has 96 heavy (non-hydrogen) atoms. The van der Waals surface area contributed by atoms with E-state index in [0.29, 0.717) is 48.3 Å². The van der Waals surface area contributed by atoms with Crippen molar-refractivity contribution in [1.29, 1.82) is 0 Å². The lowest BCUT2D eigenvalue weighted by molar-refractivity contribution is -0.400. The predicted octanol–water partition coefficient (Wildman–Crippen LogP) is -7.26. The summed E-state index contributed by atoms with van der Waals surface area (Å²) in [4.78, 5) is 0. The predicted molar refractivity (Wildman–Crippen MR) is 314 cm³/mol. The van der Waals surface area contributed by atoms with Gasteiger partial charge in [0, 0.05) is 12.3 Å². The largest absolute Gasteiger partial charge is 0.394 e. The summed E-state index contributed by atoms with van der Waals surface area (Å²) in [6.07, 6.45) is -47.2. The normalized spacial score (nSPS) is 56.8. The van der Waals surface area contributed by atoms with E-state index in [1.54, 1.807) is 0 Å². The van der Waals surface area contributed by atoms with Gasteiger partial charge in [-0.15, -0.1) is 0 Å². The first-order chi connectivity index (χ1) is 45.6. The third-order valence-corrected chi connectivity index (χ3v) is 24.6. The van der Waals surface area contributed by atoms with Gasteiger partial charge in [-0.2, -0.15) is 0 Å². The zero-order valence-corrected chi connectivity index (χ0v) is 54.3. The number of ether oxygens (including phenoxy) is 14. The van der Waals surface area contributed by atoms with Gasteiger partial charge < -0.3 is 163 Å². The zero-order chi connectivity index (χ0) is 68.9. The van der Waals surface area contributed by atoms with Crippen molar-refractivity contribution in [3.63, 3.8) is 0 Å². The van der Waals surface area contributed by atoms with Gasteiger partial charge in [0.2, 0.25) is 0 Å². The van der Waals surface area contributed by atoms with Crippen LogP contribution < -0.4 is 0 Å². The second-order valence-corrected chi connectivity index (χ2v) is 30.0. The summed E-state index contributed by atoms with van der Waals surface area (Å²) in [5, 5.41) is 207. The molecule has 8 aliphatic heterocycles. The van der Waals surface area contributed by atoms with E-state index >= 15 is 0 Å². The summed E-state index contributed by atoms with van der Waals surface area (Å²) in [7, 11) is 0. The lowest BCUT2D eigenvalue weighted by Crippen LogP contribution is -2.68. The molecule has 0 radical (unpaired) electrons. The van der Waals surface area contributed by atoms with Gasteiger partial charge in [0.05, 0.1) is 58.5 Å². The second kappa shape index (κ2) is 29.7. The van der Waals surface area contributed by atoms with Crippen molar-refractivity contribution in [3.8, 4) is 0 Å². The van der Waals surface area contributed by atoms with Gasteiger partial charge in [-0.1, -0.05) is 27.7 Å². The van der Waals surface area contributed by atoms with Crippen molar-refractivity contribution < 1.29 is 163 Å². The third kappa shape index (κ3) is 13.3. The lowest BCUT2D eigenvalue weighted by atomic mass is 9.44. The number of rotatable bonds is 18. The zero-order valence-electron chi connectivity index (χ0n) is 54.3. The van der Waals surface area contributed by atoms with Crippen LogP contribution in [0.4, 0.5) is 0 Å². The minimum Gasteiger partial charge on any atom is -0.394 e. The Bertz CT molecular complexity index is 2520. The van der Waals surface area contributed by atoms with Crippen molar-refractivity contribution >= 4 is 0 Å². The Morgan fingerprint density at radius 1 is 0.385 bits per heavy atom. The molecule has 12 aliphatic rings. The number of fused-ring (bicyclic) bond motifs is 7.